The van der Waals surface area contributed by atoms with Crippen LogP contribution in [-0.2, 0) is 6.54 Å². The van der Waals surface area contributed by atoms with Gasteiger partial charge in [0.1, 0.15) is 0 Å². The zero-order valence-electron chi connectivity index (χ0n) is 14.8. The molecule has 4 N–H and O–H groups in total. The van der Waals surface area contributed by atoms with Gasteiger partial charge in [-0.15, -0.1) is 23.7 Å². The SMILES string of the molecule is Cc1cccc2c(-c3csc(NC(N)=NCc4ccccc4)n3)c[nH]c12.Cl. The van der Waals surface area contributed by atoms with Gasteiger partial charge in [0.25, 0.3) is 0 Å². The number of benzene rings is 2. The Labute approximate surface area is 167 Å². The van der Waals surface area contributed by atoms with Gasteiger partial charge in [-0.05, 0) is 18.1 Å². The molecule has 0 aliphatic heterocycles. The number of aryl methyl sites for hydroxylation is 1. The highest BCUT2D eigenvalue weighted by Gasteiger charge is 2.11. The minimum absolute atomic E-state index is 0. The molecule has 0 fully saturated rings. The number of hydrogen-bond donors (Lipinski definition) is 3. The number of para-hydroxylation sites is 1. The highest BCUT2D eigenvalue weighted by Crippen LogP contribution is 2.32. The van der Waals surface area contributed by atoms with Crippen LogP contribution in [0.15, 0.2) is 65.1 Å². The second kappa shape index (κ2) is 8.24. The molecule has 0 spiro atoms. The van der Waals surface area contributed by atoms with E-state index in [9.17, 15) is 0 Å². The van der Waals surface area contributed by atoms with Gasteiger partial charge < -0.3 is 16.0 Å². The van der Waals surface area contributed by atoms with E-state index in [1.807, 2.05) is 41.9 Å². The van der Waals surface area contributed by atoms with Crippen LogP contribution in [0, 0.1) is 6.92 Å². The van der Waals surface area contributed by atoms with Crippen molar-refractivity contribution in [3.05, 3.63) is 71.2 Å². The van der Waals surface area contributed by atoms with Gasteiger partial charge in [0, 0.05) is 28.0 Å². The summed E-state index contributed by atoms with van der Waals surface area (Å²) in [5.74, 6) is 0.365. The number of anilines is 1. The van der Waals surface area contributed by atoms with Crippen molar-refractivity contribution in [3.8, 4) is 11.3 Å². The fourth-order valence-corrected chi connectivity index (χ4v) is 3.60. The molecule has 5 nitrogen and oxygen atoms in total. The molecule has 0 aliphatic rings. The highest BCUT2D eigenvalue weighted by atomic mass is 35.5. The Bertz CT molecular complexity index is 1070. The summed E-state index contributed by atoms with van der Waals surface area (Å²) in [5, 5.41) is 7.01. The minimum Gasteiger partial charge on any atom is -0.370 e. The number of aromatic nitrogens is 2. The van der Waals surface area contributed by atoms with Crippen molar-refractivity contribution in [2.24, 2.45) is 10.7 Å². The maximum absolute atomic E-state index is 5.99. The van der Waals surface area contributed by atoms with Crippen LogP contribution < -0.4 is 11.1 Å². The lowest BCUT2D eigenvalue weighted by molar-refractivity contribution is 1.06. The number of hydrogen-bond acceptors (Lipinski definition) is 3. The molecule has 2 aromatic heterocycles. The number of aliphatic imine (C=N–C) groups is 1. The number of halogens is 1. The van der Waals surface area contributed by atoms with Gasteiger partial charge in [0.2, 0.25) is 0 Å². The van der Waals surface area contributed by atoms with Gasteiger partial charge in [0.05, 0.1) is 12.2 Å². The van der Waals surface area contributed by atoms with E-state index in [-0.39, 0.29) is 12.4 Å². The summed E-state index contributed by atoms with van der Waals surface area (Å²) in [6, 6.07) is 16.3. The lowest BCUT2D eigenvalue weighted by Gasteiger charge is -2.02. The Morgan fingerprint density at radius 2 is 2.00 bits per heavy atom. The van der Waals surface area contributed by atoms with E-state index in [0.717, 1.165) is 27.5 Å². The van der Waals surface area contributed by atoms with E-state index in [1.165, 1.54) is 22.3 Å². The van der Waals surface area contributed by atoms with Gasteiger partial charge in [-0.2, -0.15) is 0 Å². The second-order valence-electron chi connectivity index (χ2n) is 6.05. The number of nitrogens with one attached hydrogen (secondary N) is 2. The molecule has 4 rings (SSSR count). The predicted molar refractivity (Wildman–Crippen MR) is 117 cm³/mol. The standard InChI is InChI=1S/C20H19N5S.ClH/c1-13-6-5-9-15-16(11-22-18(13)15)17-12-26-20(24-17)25-19(21)23-10-14-7-3-2-4-8-14;/h2-9,11-12,22H,10H2,1H3,(H3,21,23,24,25);1H. The van der Waals surface area contributed by atoms with Gasteiger partial charge in [-0.1, -0.05) is 48.5 Å². The average molecular weight is 398 g/mol. The summed E-state index contributed by atoms with van der Waals surface area (Å²) in [4.78, 5) is 12.4. The van der Waals surface area contributed by atoms with Crippen molar-refractivity contribution in [2.75, 3.05) is 5.32 Å². The number of nitrogens with two attached hydrogens (primary N) is 1. The molecule has 0 radical (unpaired) electrons. The fourth-order valence-electron chi connectivity index (χ4n) is 2.88. The highest BCUT2D eigenvalue weighted by molar-refractivity contribution is 7.14. The lowest BCUT2D eigenvalue weighted by atomic mass is 10.1. The number of rotatable bonds is 4. The molecule has 138 valence electrons. The van der Waals surface area contributed by atoms with E-state index in [2.05, 4.69) is 45.4 Å². The number of fused-ring (bicyclic) bond motifs is 1. The molecule has 0 aliphatic carbocycles. The third-order valence-corrected chi connectivity index (χ3v) is 4.97. The molecule has 0 unspecified atom stereocenters. The summed E-state index contributed by atoms with van der Waals surface area (Å²) >= 11 is 1.51. The van der Waals surface area contributed by atoms with Crippen molar-refractivity contribution in [1.82, 2.24) is 9.97 Å². The predicted octanol–water partition coefficient (Wildman–Crippen LogP) is 4.95. The van der Waals surface area contributed by atoms with Crippen LogP contribution in [0.3, 0.4) is 0 Å². The van der Waals surface area contributed by atoms with Crippen LogP contribution in [0.25, 0.3) is 22.2 Å². The summed E-state index contributed by atoms with van der Waals surface area (Å²) in [6.07, 6.45) is 2.00. The van der Waals surface area contributed by atoms with Crippen LogP contribution in [0.5, 0.6) is 0 Å². The summed E-state index contributed by atoms with van der Waals surface area (Å²) in [5.41, 5.74) is 11.5. The molecule has 0 saturated carbocycles. The first-order valence-electron chi connectivity index (χ1n) is 8.34. The molecule has 7 heteroatoms. The quantitative estimate of drug-likeness (QED) is 0.336. The fraction of sp³-hybridized carbons (Fsp3) is 0.100. The molecule has 2 aromatic carbocycles. The first kappa shape index (κ1) is 18.9. The summed E-state index contributed by atoms with van der Waals surface area (Å²) in [6.45, 7) is 2.64. The number of nitrogens with zero attached hydrogens (tertiary/aromatic N) is 2. The molecule has 4 aromatic rings. The first-order valence-corrected chi connectivity index (χ1v) is 9.22. The van der Waals surface area contributed by atoms with Crippen molar-refractivity contribution in [1.29, 1.82) is 0 Å². The Balaban J connectivity index is 0.00000210. The second-order valence-corrected chi connectivity index (χ2v) is 6.91. The van der Waals surface area contributed by atoms with E-state index < -0.39 is 0 Å². The number of guanidine groups is 1. The maximum Gasteiger partial charge on any atom is 0.195 e. The van der Waals surface area contributed by atoms with Crippen molar-refractivity contribution < 1.29 is 0 Å². The third kappa shape index (κ3) is 4.13. The van der Waals surface area contributed by atoms with Crippen LogP contribution in [-0.4, -0.2) is 15.9 Å². The minimum atomic E-state index is 0. The monoisotopic (exact) mass is 397 g/mol. The normalized spacial score (nSPS) is 11.4. The van der Waals surface area contributed by atoms with Crippen LogP contribution in [0.4, 0.5) is 5.13 Å². The van der Waals surface area contributed by atoms with Crippen LogP contribution in [0.1, 0.15) is 11.1 Å². The van der Waals surface area contributed by atoms with Crippen LogP contribution in [0.2, 0.25) is 0 Å². The van der Waals surface area contributed by atoms with E-state index in [4.69, 9.17) is 5.73 Å². The smallest absolute Gasteiger partial charge is 0.195 e. The van der Waals surface area contributed by atoms with Crippen molar-refractivity contribution in [2.45, 2.75) is 13.5 Å². The van der Waals surface area contributed by atoms with Crippen LogP contribution >= 0.6 is 23.7 Å². The van der Waals surface area contributed by atoms with Crippen molar-refractivity contribution >= 4 is 45.7 Å². The molecule has 27 heavy (non-hydrogen) atoms. The Morgan fingerprint density at radius 3 is 2.81 bits per heavy atom. The molecule has 0 saturated heterocycles. The average Bonchev–Trinajstić information content (AvgIpc) is 3.28. The number of aromatic amines is 1. The Morgan fingerprint density at radius 1 is 1.19 bits per heavy atom. The Kier molecular flexibility index (Phi) is 5.78. The Hall–Kier alpha value is -2.83. The molecule has 0 amide bonds. The van der Waals surface area contributed by atoms with Gasteiger partial charge in [-0.25, -0.2) is 9.98 Å². The van der Waals surface area contributed by atoms with Gasteiger partial charge in [0.15, 0.2) is 11.1 Å². The summed E-state index contributed by atoms with van der Waals surface area (Å²) in [7, 11) is 0. The van der Waals surface area contributed by atoms with E-state index in [0.29, 0.717) is 12.5 Å². The molecular formula is C20H20ClN5S. The third-order valence-electron chi connectivity index (χ3n) is 4.21. The lowest BCUT2D eigenvalue weighted by Crippen LogP contribution is -2.22. The largest absolute Gasteiger partial charge is 0.370 e. The molecule has 0 atom stereocenters. The van der Waals surface area contributed by atoms with E-state index in [1.54, 1.807) is 0 Å². The number of H-pyrrole nitrogens is 1. The topological polar surface area (TPSA) is 79.1 Å². The van der Waals surface area contributed by atoms with Crippen molar-refractivity contribution in [3.63, 3.8) is 0 Å². The van der Waals surface area contributed by atoms with Gasteiger partial charge in [-0.3, -0.25) is 0 Å². The zero-order valence-corrected chi connectivity index (χ0v) is 16.4. The molecule has 2 heterocycles. The number of thiazole rings is 1. The summed E-state index contributed by atoms with van der Waals surface area (Å²) < 4.78 is 0. The van der Waals surface area contributed by atoms with E-state index >= 15 is 0 Å². The first-order chi connectivity index (χ1) is 12.7. The zero-order chi connectivity index (χ0) is 17.9. The maximum atomic E-state index is 5.99. The molecular weight excluding hydrogens is 378 g/mol. The molecule has 0 bridgehead atoms. The van der Waals surface area contributed by atoms with Gasteiger partial charge >= 0.3 is 0 Å².